The van der Waals surface area contributed by atoms with E-state index >= 15 is 0 Å². The first-order valence-corrected chi connectivity index (χ1v) is 5.55. The first-order valence-electron chi connectivity index (χ1n) is 5.17. The van der Waals surface area contributed by atoms with Gasteiger partial charge in [0, 0.05) is 6.20 Å². The average molecular weight is 261 g/mol. The number of nitrogens with one attached hydrogen (secondary N) is 1. The lowest BCUT2D eigenvalue weighted by Crippen LogP contribution is -2.12. The van der Waals surface area contributed by atoms with Crippen molar-refractivity contribution in [1.29, 1.82) is 5.26 Å². The van der Waals surface area contributed by atoms with Gasteiger partial charge in [-0.2, -0.15) is 10.4 Å². The van der Waals surface area contributed by atoms with Crippen LogP contribution in [0, 0.1) is 11.3 Å². The van der Waals surface area contributed by atoms with Crippen molar-refractivity contribution >= 4 is 23.2 Å². The van der Waals surface area contributed by atoms with Crippen molar-refractivity contribution in [3.8, 4) is 11.8 Å². The molecule has 0 atom stereocenters. The largest absolute Gasteiger partial charge is 0.323 e. The molecule has 0 fully saturated rings. The van der Waals surface area contributed by atoms with Gasteiger partial charge in [0.15, 0.2) is 0 Å². The summed E-state index contributed by atoms with van der Waals surface area (Å²) in [7, 11) is 0. The predicted molar refractivity (Wildman–Crippen MR) is 67.4 cm³/mol. The molecule has 0 bridgehead atoms. The molecule has 18 heavy (non-hydrogen) atoms. The van der Waals surface area contributed by atoms with Gasteiger partial charge in [0.25, 0.3) is 0 Å². The molecule has 0 spiro atoms. The molecule has 1 aromatic heterocycles. The smallest absolute Gasteiger partial charge is 0.238 e. The molecule has 0 saturated heterocycles. The summed E-state index contributed by atoms with van der Waals surface area (Å²) in [5.41, 5.74) is 1.27. The van der Waals surface area contributed by atoms with Crippen molar-refractivity contribution in [1.82, 2.24) is 9.78 Å². The van der Waals surface area contributed by atoms with E-state index in [1.807, 2.05) is 6.07 Å². The molecule has 1 N–H and O–H groups in total. The Morgan fingerprint density at radius 1 is 1.50 bits per heavy atom. The van der Waals surface area contributed by atoms with Crippen LogP contribution < -0.4 is 5.32 Å². The summed E-state index contributed by atoms with van der Waals surface area (Å²) in [6.45, 7) is 0. The molecule has 0 aliphatic carbocycles. The van der Waals surface area contributed by atoms with E-state index in [1.54, 1.807) is 35.1 Å². The lowest BCUT2D eigenvalue weighted by molar-refractivity contribution is -0.115. The molecule has 0 radical (unpaired) electrons. The van der Waals surface area contributed by atoms with Crippen LogP contribution in [-0.4, -0.2) is 15.7 Å². The Kier molecular flexibility index (Phi) is 3.60. The number of carbonyl (C=O) groups is 1. The van der Waals surface area contributed by atoms with Crippen molar-refractivity contribution in [3.63, 3.8) is 0 Å². The molecule has 1 aromatic carbocycles. The molecule has 1 amide bonds. The van der Waals surface area contributed by atoms with Gasteiger partial charge in [-0.05, 0) is 12.1 Å². The molecular formula is C12H9ClN4O. The fourth-order valence-electron chi connectivity index (χ4n) is 1.48. The maximum atomic E-state index is 11.4. The van der Waals surface area contributed by atoms with Crippen LogP contribution in [-0.2, 0) is 4.79 Å². The van der Waals surface area contributed by atoms with Crippen molar-refractivity contribution in [2.45, 2.75) is 6.42 Å². The Morgan fingerprint density at radius 3 is 2.94 bits per heavy atom. The van der Waals surface area contributed by atoms with Crippen molar-refractivity contribution in [2.75, 3.05) is 5.32 Å². The van der Waals surface area contributed by atoms with Gasteiger partial charge < -0.3 is 5.32 Å². The van der Waals surface area contributed by atoms with E-state index in [9.17, 15) is 4.79 Å². The van der Waals surface area contributed by atoms with E-state index in [2.05, 4.69) is 10.4 Å². The second-order valence-corrected chi connectivity index (χ2v) is 3.94. The van der Waals surface area contributed by atoms with Crippen molar-refractivity contribution < 1.29 is 4.79 Å². The minimum Gasteiger partial charge on any atom is -0.323 e. The lowest BCUT2D eigenvalue weighted by atomic mass is 10.2. The molecule has 1 heterocycles. The molecule has 0 aliphatic heterocycles. The summed E-state index contributed by atoms with van der Waals surface area (Å²) in [6.07, 6.45) is 2.96. The normalized spacial score (nSPS) is 9.78. The zero-order valence-corrected chi connectivity index (χ0v) is 10.1. The van der Waals surface area contributed by atoms with Crippen LogP contribution in [0.5, 0.6) is 0 Å². The third-order valence-corrected chi connectivity index (χ3v) is 2.41. The van der Waals surface area contributed by atoms with E-state index in [1.165, 1.54) is 6.20 Å². The van der Waals surface area contributed by atoms with E-state index in [0.29, 0.717) is 16.4 Å². The van der Waals surface area contributed by atoms with E-state index in [4.69, 9.17) is 16.9 Å². The van der Waals surface area contributed by atoms with Crippen LogP contribution in [0.2, 0.25) is 5.02 Å². The number of rotatable bonds is 3. The van der Waals surface area contributed by atoms with Crippen molar-refractivity contribution in [2.24, 2.45) is 0 Å². The molecule has 90 valence electrons. The van der Waals surface area contributed by atoms with Crippen LogP contribution in [0.1, 0.15) is 6.42 Å². The Morgan fingerprint density at radius 2 is 2.28 bits per heavy atom. The first kappa shape index (κ1) is 12.1. The molecule has 2 rings (SSSR count). The molecule has 6 heteroatoms. The number of anilines is 1. The zero-order chi connectivity index (χ0) is 13.0. The molecule has 5 nitrogen and oxygen atoms in total. The summed E-state index contributed by atoms with van der Waals surface area (Å²) < 4.78 is 1.56. The van der Waals surface area contributed by atoms with E-state index in [0.717, 1.165) is 0 Å². The fraction of sp³-hybridized carbons (Fsp3) is 0.0833. The molecule has 2 aromatic rings. The molecule has 0 aliphatic rings. The Balaban J connectivity index is 2.32. The minimum absolute atomic E-state index is 0.186. The molecule has 0 saturated carbocycles. The maximum absolute atomic E-state index is 11.4. The quantitative estimate of drug-likeness (QED) is 0.921. The average Bonchev–Trinajstić information content (AvgIpc) is 2.77. The van der Waals surface area contributed by atoms with E-state index in [-0.39, 0.29) is 12.3 Å². The number of hydrogen-bond donors (Lipinski definition) is 1. The second kappa shape index (κ2) is 5.34. The summed E-state index contributed by atoms with van der Waals surface area (Å²) >= 11 is 5.80. The van der Waals surface area contributed by atoms with Crippen molar-refractivity contribution in [3.05, 3.63) is 41.7 Å². The van der Waals surface area contributed by atoms with Gasteiger partial charge in [0.1, 0.15) is 6.42 Å². The highest BCUT2D eigenvalue weighted by Crippen LogP contribution is 2.20. The minimum atomic E-state index is -0.358. The predicted octanol–water partition coefficient (Wildman–Crippen LogP) is 2.38. The van der Waals surface area contributed by atoms with Gasteiger partial charge in [0.2, 0.25) is 5.91 Å². The Labute approximate surface area is 109 Å². The topological polar surface area (TPSA) is 70.7 Å². The van der Waals surface area contributed by atoms with Crippen LogP contribution >= 0.6 is 11.6 Å². The maximum Gasteiger partial charge on any atom is 0.238 e. The lowest BCUT2D eigenvalue weighted by Gasteiger charge is -2.09. The third-order valence-electron chi connectivity index (χ3n) is 2.22. The first-order chi connectivity index (χ1) is 8.70. The standard InChI is InChI=1S/C12H9ClN4O/c13-9-7-15-17(8-9)11-4-2-1-3-10(11)16-12(18)5-6-14/h1-4,7-8H,5H2,(H,16,18). The highest BCUT2D eigenvalue weighted by Gasteiger charge is 2.08. The van der Waals surface area contributed by atoms with E-state index < -0.39 is 0 Å². The summed E-state index contributed by atoms with van der Waals surface area (Å²) in [4.78, 5) is 11.4. The van der Waals surface area contributed by atoms with Crippen LogP contribution in [0.4, 0.5) is 5.69 Å². The van der Waals surface area contributed by atoms with Crippen LogP contribution in [0.25, 0.3) is 5.69 Å². The monoisotopic (exact) mass is 260 g/mol. The number of amides is 1. The number of halogens is 1. The molecule has 0 unspecified atom stereocenters. The van der Waals surface area contributed by atoms with Gasteiger partial charge >= 0.3 is 0 Å². The van der Waals surface area contributed by atoms with Gasteiger partial charge in [0.05, 0.1) is 28.7 Å². The van der Waals surface area contributed by atoms with Crippen LogP contribution in [0.3, 0.4) is 0 Å². The highest BCUT2D eigenvalue weighted by molar-refractivity contribution is 6.30. The SMILES string of the molecule is N#CCC(=O)Nc1ccccc1-n1cc(Cl)cn1. The Bertz CT molecular complexity index is 615. The summed E-state index contributed by atoms with van der Waals surface area (Å²) in [5, 5.41) is 15.7. The zero-order valence-electron chi connectivity index (χ0n) is 9.30. The number of aromatic nitrogens is 2. The third kappa shape index (κ3) is 2.67. The van der Waals surface area contributed by atoms with Gasteiger partial charge in [-0.15, -0.1) is 0 Å². The van der Waals surface area contributed by atoms with Gasteiger partial charge in [-0.1, -0.05) is 23.7 Å². The van der Waals surface area contributed by atoms with Crippen LogP contribution in [0.15, 0.2) is 36.7 Å². The number of carbonyl (C=O) groups excluding carboxylic acids is 1. The number of nitriles is 1. The number of hydrogen-bond acceptors (Lipinski definition) is 3. The summed E-state index contributed by atoms with van der Waals surface area (Å²) in [5.74, 6) is -0.358. The Hall–Kier alpha value is -2.32. The molecular weight excluding hydrogens is 252 g/mol. The summed E-state index contributed by atoms with van der Waals surface area (Å²) in [6, 6.07) is 8.94. The van der Waals surface area contributed by atoms with Gasteiger partial charge in [-0.3, -0.25) is 4.79 Å². The number of benzene rings is 1. The number of para-hydroxylation sites is 2. The fourth-order valence-corrected chi connectivity index (χ4v) is 1.61. The second-order valence-electron chi connectivity index (χ2n) is 3.50. The number of nitrogens with zero attached hydrogens (tertiary/aromatic N) is 3. The van der Waals surface area contributed by atoms with Gasteiger partial charge in [-0.25, -0.2) is 4.68 Å². The highest BCUT2D eigenvalue weighted by atomic mass is 35.5.